The number of benzene rings is 4. The van der Waals surface area contributed by atoms with Gasteiger partial charge in [0, 0.05) is 16.8 Å². The number of aliphatic carboxylic acids is 1. The first-order chi connectivity index (χ1) is 19.3. The average molecular weight is 537 g/mol. The maximum Gasteiger partial charge on any atom is 0.331 e. The lowest BCUT2D eigenvalue weighted by Gasteiger charge is -2.31. The Bertz CT molecular complexity index is 1620. The van der Waals surface area contributed by atoms with Crippen LogP contribution in [0.2, 0.25) is 0 Å². The van der Waals surface area contributed by atoms with Crippen molar-refractivity contribution in [3.05, 3.63) is 131 Å². The normalized spacial score (nSPS) is 15.3. The number of nitrogens with one attached hydrogen (secondary N) is 2. The molecule has 5 rings (SSSR count). The molecule has 2 unspecified atom stereocenters. The number of hydrogen-bond donors (Lipinski definition) is 3. The lowest BCUT2D eigenvalue weighted by atomic mass is 9.98. The number of benzodiazepines with no additional fused rings is 1. The molecule has 0 fully saturated rings. The summed E-state index contributed by atoms with van der Waals surface area (Å²) in [6.45, 7) is 1.87. The van der Waals surface area contributed by atoms with Gasteiger partial charge in [0.25, 0.3) is 5.91 Å². The average Bonchev–Trinajstić information content (AvgIpc) is 3.05. The quantitative estimate of drug-likeness (QED) is 0.311. The van der Waals surface area contributed by atoms with E-state index in [-0.39, 0.29) is 17.0 Å². The van der Waals surface area contributed by atoms with Gasteiger partial charge in [-0.15, -0.1) is 0 Å². The van der Waals surface area contributed by atoms with Gasteiger partial charge in [0.2, 0.25) is 6.17 Å². The lowest BCUT2D eigenvalue weighted by Crippen LogP contribution is -2.51. The topological polar surface area (TPSA) is 111 Å². The molecule has 0 spiro atoms. The summed E-state index contributed by atoms with van der Waals surface area (Å²) < 4.78 is 15.1. The van der Waals surface area contributed by atoms with E-state index in [1.807, 2.05) is 13.0 Å². The number of aryl methyl sites for hydroxylation is 1. The number of aliphatic imine (C=N–C) groups is 1. The highest BCUT2D eigenvalue weighted by molar-refractivity contribution is 6.21. The third-order valence-corrected chi connectivity index (χ3v) is 6.43. The van der Waals surface area contributed by atoms with Crippen LogP contribution >= 0.6 is 0 Å². The molecule has 1 aliphatic heterocycles. The number of carboxylic acids is 1. The Morgan fingerprint density at radius 2 is 1.57 bits per heavy atom. The Kier molecular flexibility index (Phi) is 7.37. The van der Waals surface area contributed by atoms with Crippen LogP contribution in [0, 0.1) is 12.7 Å². The Labute approximate surface area is 229 Å². The fraction of sp³-hybridized carbons (Fsp3) is 0.0968. The summed E-state index contributed by atoms with van der Waals surface area (Å²) in [6.07, 6.45) is -1.57. The molecule has 1 aliphatic rings. The van der Waals surface area contributed by atoms with Gasteiger partial charge in [-0.05, 0) is 48.4 Å². The largest absolute Gasteiger partial charge is 0.479 e. The van der Waals surface area contributed by atoms with Crippen LogP contribution in [0.3, 0.4) is 0 Å². The van der Waals surface area contributed by atoms with Gasteiger partial charge in [-0.25, -0.2) is 19.0 Å². The van der Waals surface area contributed by atoms with E-state index in [0.29, 0.717) is 16.8 Å². The predicted molar refractivity (Wildman–Crippen MR) is 150 cm³/mol. The van der Waals surface area contributed by atoms with Crippen molar-refractivity contribution in [2.75, 3.05) is 10.2 Å². The van der Waals surface area contributed by atoms with Crippen molar-refractivity contribution in [3.8, 4) is 0 Å². The number of carboxylic acid groups (broad SMARTS) is 1. The second-order valence-corrected chi connectivity index (χ2v) is 9.20. The first kappa shape index (κ1) is 26.3. The maximum absolute atomic E-state index is 15.1. The number of carbonyl (C=O) groups is 3. The number of halogens is 1. The fourth-order valence-corrected chi connectivity index (χ4v) is 4.67. The van der Waals surface area contributed by atoms with Crippen LogP contribution in [0.5, 0.6) is 0 Å². The molecule has 2 atom stereocenters. The van der Waals surface area contributed by atoms with Crippen LogP contribution in [-0.4, -0.2) is 34.9 Å². The molecule has 4 aromatic carbocycles. The first-order valence-corrected chi connectivity index (χ1v) is 12.5. The molecule has 0 saturated heterocycles. The van der Waals surface area contributed by atoms with Crippen LogP contribution in [0.15, 0.2) is 108 Å². The molecule has 8 nitrogen and oxygen atoms in total. The van der Waals surface area contributed by atoms with E-state index in [1.165, 1.54) is 18.2 Å². The summed E-state index contributed by atoms with van der Waals surface area (Å²) in [5, 5.41) is 15.6. The summed E-state index contributed by atoms with van der Waals surface area (Å²) in [6, 6.07) is 25.7. The Hall–Kier alpha value is -5.31. The summed E-state index contributed by atoms with van der Waals surface area (Å²) in [5.74, 6) is -2.67. The number of anilines is 2. The van der Waals surface area contributed by atoms with Gasteiger partial charge in [-0.1, -0.05) is 72.8 Å². The molecule has 40 heavy (non-hydrogen) atoms. The summed E-state index contributed by atoms with van der Waals surface area (Å²) in [5.41, 5.74) is 2.50. The minimum atomic E-state index is -1.57. The van der Waals surface area contributed by atoms with Gasteiger partial charge in [0.15, 0.2) is 6.04 Å². The monoisotopic (exact) mass is 536 g/mol. The first-order valence-electron chi connectivity index (χ1n) is 12.5. The van der Waals surface area contributed by atoms with Crippen LogP contribution in [0.1, 0.15) is 28.3 Å². The van der Waals surface area contributed by atoms with Gasteiger partial charge in [0.1, 0.15) is 5.82 Å². The van der Waals surface area contributed by atoms with Gasteiger partial charge in [-0.2, -0.15) is 0 Å². The molecular formula is C31H25FN4O4. The van der Waals surface area contributed by atoms with Gasteiger partial charge < -0.3 is 15.7 Å². The van der Waals surface area contributed by atoms with E-state index in [4.69, 9.17) is 0 Å². The van der Waals surface area contributed by atoms with Gasteiger partial charge in [0.05, 0.1) is 11.4 Å². The predicted octanol–water partition coefficient (Wildman–Crippen LogP) is 5.29. The number of amides is 3. The van der Waals surface area contributed by atoms with E-state index in [0.717, 1.165) is 10.5 Å². The van der Waals surface area contributed by atoms with Crippen molar-refractivity contribution < 1.29 is 23.9 Å². The van der Waals surface area contributed by atoms with E-state index in [9.17, 15) is 19.5 Å². The molecule has 0 radical (unpaired) electrons. The molecule has 3 N–H and O–H groups in total. The number of para-hydroxylation sites is 1. The van der Waals surface area contributed by atoms with Crippen molar-refractivity contribution in [1.82, 2.24) is 5.32 Å². The lowest BCUT2D eigenvalue weighted by molar-refractivity contribution is -0.140. The van der Waals surface area contributed by atoms with Crippen LogP contribution in [0.25, 0.3) is 0 Å². The van der Waals surface area contributed by atoms with E-state index < -0.39 is 35.9 Å². The molecule has 0 bridgehead atoms. The Morgan fingerprint density at radius 3 is 2.27 bits per heavy atom. The van der Waals surface area contributed by atoms with Crippen molar-refractivity contribution in [2.45, 2.75) is 19.1 Å². The third-order valence-electron chi connectivity index (χ3n) is 6.43. The minimum Gasteiger partial charge on any atom is -0.479 e. The molecular weight excluding hydrogens is 511 g/mol. The highest BCUT2D eigenvalue weighted by Gasteiger charge is 2.40. The number of urea groups is 1. The standard InChI is InChI=1S/C31H25FN4O4/c1-19-10-9-13-21(18-19)33-31(40)35-28-29(37)36(27(30(38)39)20-11-3-2-4-12-20)25-17-8-6-15-23(25)26(34-28)22-14-5-7-16-24(22)32/h2-18,27-28H,1H3,(H,38,39)(H2,33,35,40). The summed E-state index contributed by atoms with van der Waals surface area (Å²) in [7, 11) is 0. The highest BCUT2D eigenvalue weighted by Crippen LogP contribution is 2.35. The SMILES string of the molecule is Cc1cccc(NC(=O)NC2N=C(c3ccccc3F)c3ccccc3N(C(C(=O)O)c3ccccc3)C2=O)c1. The van der Waals surface area contributed by atoms with E-state index in [2.05, 4.69) is 15.6 Å². The molecule has 0 aliphatic carbocycles. The molecule has 9 heteroatoms. The molecule has 1 heterocycles. The summed E-state index contributed by atoms with van der Waals surface area (Å²) in [4.78, 5) is 45.5. The second-order valence-electron chi connectivity index (χ2n) is 9.20. The Balaban J connectivity index is 1.65. The molecule has 4 aromatic rings. The maximum atomic E-state index is 15.1. The van der Waals surface area contributed by atoms with Crippen LogP contribution < -0.4 is 15.5 Å². The summed E-state index contributed by atoms with van der Waals surface area (Å²) >= 11 is 0. The molecule has 0 saturated carbocycles. The zero-order valence-electron chi connectivity index (χ0n) is 21.4. The second kappa shape index (κ2) is 11.2. The van der Waals surface area contributed by atoms with Crippen molar-refractivity contribution in [2.24, 2.45) is 4.99 Å². The minimum absolute atomic E-state index is 0.0991. The van der Waals surface area contributed by atoms with Gasteiger partial charge >= 0.3 is 12.0 Å². The smallest absolute Gasteiger partial charge is 0.331 e. The number of nitrogens with zero attached hydrogens (tertiary/aromatic N) is 2. The number of hydrogen-bond acceptors (Lipinski definition) is 4. The van der Waals surface area contributed by atoms with Crippen molar-refractivity contribution in [1.29, 1.82) is 0 Å². The van der Waals surface area contributed by atoms with Gasteiger partial charge in [-0.3, -0.25) is 9.69 Å². The third kappa shape index (κ3) is 5.30. The molecule has 3 amide bonds. The van der Waals surface area contributed by atoms with Crippen LogP contribution in [0.4, 0.5) is 20.6 Å². The molecule has 200 valence electrons. The highest BCUT2D eigenvalue weighted by atomic mass is 19.1. The number of rotatable bonds is 6. The fourth-order valence-electron chi connectivity index (χ4n) is 4.67. The molecule has 0 aromatic heterocycles. The number of fused-ring (bicyclic) bond motifs is 1. The van der Waals surface area contributed by atoms with Crippen LogP contribution in [-0.2, 0) is 9.59 Å². The van der Waals surface area contributed by atoms with E-state index in [1.54, 1.807) is 78.9 Å². The van der Waals surface area contributed by atoms with E-state index >= 15 is 4.39 Å². The zero-order valence-corrected chi connectivity index (χ0v) is 21.4. The number of carbonyl (C=O) groups excluding carboxylic acids is 2. The Morgan fingerprint density at radius 1 is 0.900 bits per heavy atom. The van der Waals surface area contributed by atoms with Crippen molar-refractivity contribution in [3.63, 3.8) is 0 Å². The van der Waals surface area contributed by atoms with Crippen molar-refractivity contribution >= 4 is 35.0 Å². The zero-order chi connectivity index (χ0) is 28.2.